The maximum absolute atomic E-state index is 6.27. The fourth-order valence-corrected chi connectivity index (χ4v) is 7.37. The summed E-state index contributed by atoms with van der Waals surface area (Å²) in [5.74, 6) is 0. The van der Waals surface area contributed by atoms with Crippen LogP contribution in [0, 0.1) is 0 Å². The number of fused-ring (bicyclic) bond motifs is 7. The Morgan fingerprint density at radius 3 is 1.76 bits per heavy atom. The van der Waals surface area contributed by atoms with Gasteiger partial charge in [0.25, 0.3) is 0 Å². The van der Waals surface area contributed by atoms with Crippen LogP contribution in [0.5, 0.6) is 0 Å². The average molecular weight is 590 g/mol. The number of furan rings is 1. The van der Waals surface area contributed by atoms with Gasteiger partial charge in [-0.3, -0.25) is 0 Å². The second-order valence-corrected chi connectivity index (χ2v) is 12.8. The van der Waals surface area contributed by atoms with Crippen molar-refractivity contribution in [3.8, 4) is 55.9 Å². The molecule has 2 heterocycles. The summed E-state index contributed by atoms with van der Waals surface area (Å²) in [4.78, 5) is 5.13. The summed E-state index contributed by atoms with van der Waals surface area (Å²) in [6.45, 7) is 4.70. The van der Waals surface area contributed by atoms with Crippen LogP contribution in [0.25, 0.3) is 77.8 Å². The van der Waals surface area contributed by atoms with E-state index < -0.39 is 0 Å². The van der Waals surface area contributed by atoms with Gasteiger partial charge in [0, 0.05) is 27.3 Å². The van der Waals surface area contributed by atoms with Crippen LogP contribution in [0.3, 0.4) is 0 Å². The molecule has 46 heavy (non-hydrogen) atoms. The van der Waals surface area contributed by atoms with Crippen molar-refractivity contribution in [3.05, 3.63) is 163 Å². The molecule has 2 aromatic heterocycles. The third-order valence-electron chi connectivity index (χ3n) is 9.67. The zero-order chi connectivity index (χ0) is 30.8. The van der Waals surface area contributed by atoms with Crippen LogP contribution < -0.4 is 0 Å². The van der Waals surface area contributed by atoms with E-state index in [9.17, 15) is 0 Å². The molecule has 6 aromatic carbocycles. The minimum absolute atomic E-state index is 0.164. The Bertz CT molecular complexity index is 2360. The molecule has 0 aliphatic heterocycles. The Labute approximate surface area is 268 Å². The zero-order valence-corrected chi connectivity index (χ0v) is 25.8. The molecule has 0 saturated carbocycles. The number of hydrogen-bond donors (Lipinski definition) is 0. The fourth-order valence-electron chi connectivity index (χ4n) is 7.37. The lowest BCUT2D eigenvalue weighted by atomic mass is 9.80. The van der Waals surface area contributed by atoms with E-state index in [0.717, 1.165) is 39.2 Å². The van der Waals surface area contributed by atoms with Crippen molar-refractivity contribution in [2.75, 3.05) is 0 Å². The summed E-state index contributed by atoms with van der Waals surface area (Å²) in [5, 5.41) is 2.42. The predicted molar refractivity (Wildman–Crippen MR) is 191 cm³/mol. The molecule has 0 bridgehead atoms. The van der Waals surface area contributed by atoms with Crippen LogP contribution in [0.15, 0.2) is 156 Å². The van der Waals surface area contributed by atoms with Gasteiger partial charge < -0.3 is 4.42 Å². The first kappa shape index (κ1) is 26.7. The molecule has 0 atom stereocenters. The highest BCUT2D eigenvalue weighted by molar-refractivity contribution is 6.11. The first-order valence-corrected chi connectivity index (χ1v) is 15.9. The van der Waals surface area contributed by atoms with Crippen molar-refractivity contribution in [2.45, 2.75) is 19.3 Å². The molecule has 8 aromatic rings. The molecule has 9 rings (SSSR count). The Morgan fingerprint density at radius 1 is 0.457 bits per heavy atom. The molecule has 0 unspecified atom stereocenters. The highest BCUT2D eigenvalue weighted by Gasteiger charge is 2.38. The van der Waals surface area contributed by atoms with Gasteiger partial charge in [0.2, 0.25) is 0 Å². The third kappa shape index (κ3) is 4.14. The van der Waals surface area contributed by atoms with E-state index in [1.807, 2.05) is 12.1 Å². The van der Waals surface area contributed by atoms with Crippen molar-refractivity contribution in [1.29, 1.82) is 0 Å². The lowest BCUT2D eigenvalue weighted by Gasteiger charge is -2.23. The summed E-state index contributed by atoms with van der Waals surface area (Å²) in [5.41, 5.74) is 16.0. The fraction of sp³-hybridized carbons (Fsp3) is 0.0682. The van der Waals surface area contributed by atoms with Crippen LogP contribution in [0.1, 0.15) is 25.0 Å². The number of pyridine rings is 1. The van der Waals surface area contributed by atoms with E-state index in [-0.39, 0.29) is 5.41 Å². The number of hydrogen-bond acceptors (Lipinski definition) is 2. The summed E-state index contributed by atoms with van der Waals surface area (Å²) in [6.07, 6.45) is 0. The first-order valence-electron chi connectivity index (χ1n) is 15.9. The zero-order valence-electron chi connectivity index (χ0n) is 25.8. The van der Waals surface area contributed by atoms with Gasteiger partial charge in [0.15, 0.2) is 0 Å². The van der Waals surface area contributed by atoms with Crippen LogP contribution in [0.4, 0.5) is 0 Å². The normalized spacial score (nSPS) is 13.2. The molecule has 2 nitrogen and oxygen atoms in total. The van der Waals surface area contributed by atoms with Crippen molar-refractivity contribution in [1.82, 2.24) is 4.98 Å². The largest absolute Gasteiger partial charge is 0.456 e. The number of benzene rings is 6. The molecule has 2 heteroatoms. The summed E-state index contributed by atoms with van der Waals surface area (Å²) in [7, 11) is 0. The molecular weight excluding hydrogens is 558 g/mol. The van der Waals surface area contributed by atoms with Gasteiger partial charge in [-0.2, -0.15) is 0 Å². The molecule has 1 aliphatic carbocycles. The Morgan fingerprint density at radius 2 is 1.02 bits per heavy atom. The summed E-state index contributed by atoms with van der Waals surface area (Å²) in [6, 6.07) is 53.9. The van der Waals surface area contributed by atoms with Gasteiger partial charge in [-0.15, -0.1) is 0 Å². The maximum Gasteiger partial charge on any atom is 0.135 e. The highest BCUT2D eigenvalue weighted by atomic mass is 16.3. The van der Waals surface area contributed by atoms with E-state index in [1.54, 1.807) is 0 Å². The molecule has 1 aliphatic rings. The van der Waals surface area contributed by atoms with Gasteiger partial charge in [0.1, 0.15) is 11.2 Å². The molecule has 0 N–H and O–H groups in total. The van der Waals surface area contributed by atoms with Crippen molar-refractivity contribution < 1.29 is 4.42 Å². The minimum Gasteiger partial charge on any atom is -0.456 e. The summed E-state index contributed by atoms with van der Waals surface area (Å²) >= 11 is 0. The minimum atomic E-state index is -0.164. The van der Waals surface area contributed by atoms with Gasteiger partial charge in [0.05, 0.1) is 11.4 Å². The molecule has 0 amide bonds. The smallest absolute Gasteiger partial charge is 0.135 e. The average Bonchev–Trinajstić information content (AvgIpc) is 3.60. The van der Waals surface area contributed by atoms with E-state index in [2.05, 4.69) is 153 Å². The molecule has 0 radical (unpaired) electrons. The van der Waals surface area contributed by atoms with Gasteiger partial charge in [-0.05, 0) is 74.8 Å². The quantitative estimate of drug-likeness (QED) is 0.204. The van der Waals surface area contributed by atoms with E-state index >= 15 is 0 Å². The Kier molecular flexibility index (Phi) is 5.88. The highest BCUT2D eigenvalue weighted by Crippen LogP contribution is 2.53. The Balaban J connectivity index is 1.11. The molecular formula is C44H31NO. The van der Waals surface area contributed by atoms with Crippen molar-refractivity contribution in [2.24, 2.45) is 0 Å². The third-order valence-corrected chi connectivity index (χ3v) is 9.67. The van der Waals surface area contributed by atoms with E-state index in [4.69, 9.17) is 9.40 Å². The number of aromatic nitrogens is 1. The number of rotatable bonds is 4. The van der Waals surface area contributed by atoms with Crippen LogP contribution in [-0.2, 0) is 5.41 Å². The van der Waals surface area contributed by atoms with Crippen LogP contribution in [0.2, 0.25) is 0 Å². The van der Waals surface area contributed by atoms with Gasteiger partial charge in [-0.1, -0.05) is 135 Å². The monoisotopic (exact) mass is 589 g/mol. The van der Waals surface area contributed by atoms with E-state index in [0.29, 0.717) is 0 Å². The van der Waals surface area contributed by atoms with E-state index in [1.165, 1.54) is 49.7 Å². The topological polar surface area (TPSA) is 26.0 Å². The lowest BCUT2D eigenvalue weighted by Crippen LogP contribution is -2.15. The molecule has 0 saturated heterocycles. The predicted octanol–water partition coefficient (Wildman–Crippen LogP) is 12.0. The maximum atomic E-state index is 6.27. The second-order valence-electron chi connectivity index (χ2n) is 12.8. The Hall–Kier alpha value is -5.73. The SMILES string of the molecule is CC1(C)c2cc(-c3ccc(-c4cc(-c5ccccc5)cc(-c5ccccc5)n4)cc3)ccc2-c2ccc3oc4ccccc4c3c21. The van der Waals surface area contributed by atoms with Gasteiger partial charge >= 0.3 is 0 Å². The van der Waals surface area contributed by atoms with Crippen molar-refractivity contribution in [3.63, 3.8) is 0 Å². The van der Waals surface area contributed by atoms with Crippen LogP contribution >= 0.6 is 0 Å². The lowest BCUT2D eigenvalue weighted by molar-refractivity contribution is 0.657. The number of para-hydroxylation sites is 1. The molecule has 0 fully saturated rings. The second kappa shape index (κ2) is 10.2. The van der Waals surface area contributed by atoms with Crippen LogP contribution in [-0.4, -0.2) is 4.98 Å². The van der Waals surface area contributed by atoms with Crippen molar-refractivity contribution >= 4 is 21.9 Å². The first-order chi connectivity index (χ1) is 22.5. The molecule has 0 spiro atoms. The summed E-state index contributed by atoms with van der Waals surface area (Å²) < 4.78 is 6.27. The number of nitrogens with zero attached hydrogens (tertiary/aromatic N) is 1. The standard InChI is InChI=1S/C44H31NO/c1-44(2)37-25-32(21-22-34(37)35-23-24-41-42(43(35)44)36-15-9-10-16-40(36)46-41)29-17-19-31(20-18-29)39-27-33(28-11-5-3-6-12-28)26-38(45-39)30-13-7-4-8-14-30/h3-27H,1-2H3. The molecule has 218 valence electrons. The van der Waals surface area contributed by atoms with Gasteiger partial charge in [-0.25, -0.2) is 4.98 Å².